The Labute approximate surface area is 400 Å². The van der Waals surface area contributed by atoms with E-state index in [4.69, 9.17) is 9.05 Å². The van der Waals surface area contributed by atoms with Gasteiger partial charge in [0.1, 0.15) is 13.2 Å². The van der Waals surface area contributed by atoms with Crippen molar-refractivity contribution >= 4 is 13.7 Å². The molecule has 2 N–H and O–H groups in total. The van der Waals surface area contributed by atoms with Gasteiger partial charge in [0.25, 0.3) is 7.82 Å². The number of unbranched alkanes of at least 4 members (excludes halogenated alkanes) is 19. The minimum atomic E-state index is -4.59. The van der Waals surface area contributed by atoms with Crippen molar-refractivity contribution in [2.24, 2.45) is 0 Å². The summed E-state index contributed by atoms with van der Waals surface area (Å²) in [7, 11) is 1.25. The van der Waals surface area contributed by atoms with Crippen molar-refractivity contribution in [1.82, 2.24) is 5.32 Å². The van der Waals surface area contributed by atoms with Crippen LogP contribution in [0.5, 0.6) is 0 Å². The Morgan fingerprint density at radius 2 is 0.938 bits per heavy atom. The molecule has 0 heterocycles. The lowest BCUT2D eigenvalue weighted by Crippen LogP contribution is -2.45. The van der Waals surface area contributed by atoms with Crippen LogP contribution in [0.4, 0.5) is 0 Å². The van der Waals surface area contributed by atoms with Crippen molar-refractivity contribution in [3.63, 3.8) is 0 Å². The number of phosphoric acid groups is 1. The molecule has 0 bridgehead atoms. The highest BCUT2D eigenvalue weighted by atomic mass is 31.2. The number of rotatable bonds is 46. The van der Waals surface area contributed by atoms with Crippen molar-refractivity contribution < 1.29 is 32.9 Å². The van der Waals surface area contributed by atoms with Crippen LogP contribution in [0.2, 0.25) is 0 Å². The van der Waals surface area contributed by atoms with Gasteiger partial charge in [0.2, 0.25) is 5.91 Å². The van der Waals surface area contributed by atoms with Crippen LogP contribution in [-0.2, 0) is 18.4 Å². The first-order valence-electron chi connectivity index (χ1n) is 26.1. The SMILES string of the molecule is CC/C=C\C/C=C\C/C=C\C/C=C\C/C=C\C/C=C\C/C=C\CCCCCCCCCCCCCCCC(=O)NC(COP(=O)([O-])OCC[N+](C)(C)C)C(O)/C=C/CCCCCCCC. The molecule has 0 aliphatic heterocycles. The maximum absolute atomic E-state index is 12.9. The van der Waals surface area contributed by atoms with Gasteiger partial charge in [-0.15, -0.1) is 0 Å². The monoisotopic (exact) mass is 927 g/mol. The molecule has 0 aliphatic rings. The number of carbonyl (C=O) groups is 1. The molecule has 374 valence electrons. The first kappa shape index (κ1) is 62.4. The van der Waals surface area contributed by atoms with Crippen LogP contribution in [0.3, 0.4) is 0 Å². The molecule has 0 rings (SSSR count). The van der Waals surface area contributed by atoms with Crippen molar-refractivity contribution in [3.05, 3.63) is 97.2 Å². The van der Waals surface area contributed by atoms with Gasteiger partial charge in [-0.25, -0.2) is 0 Å². The van der Waals surface area contributed by atoms with E-state index in [2.05, 4.69) is 104 Å². The van der Waals surface area contributed by atoms with Gasteiger partial charge >= 0.3 is 0 Å². The van der Waals surface area contributed by atoms with Crippen LogP contribution >= 0.6 is 7.82 Å². The number of quaternary nitrogens is 1. The van der Waals surface area contributed by atoms with Gasteiger partial charge in [-0.3, -0.25) is 9.36 Å². The molecular formula is C56H99N2O6P. The molecule has 8 nitrogen and oxygen atoms in total. The van der Waals surface area contributed by atoms with Crippen molar-refractivity contribution in [3.8, 4) is 0 Å². The average Bonchev–Trinajstić information content (AvgIpc) is 3.26. The predicted octanol–water partition coefficient (Wildman–Crippen LogP) is 14.8. The number of nitrogens with one attached hydrogen (secondary N) is 1. The van der Waals surface area contributed by atoms with E-state index in [1.54, 1.807) is 6.08 Å². The molecule has 0 aromatic rings. The van der Waals surface area contributed by atoms with Gasteiger partial charge in [0, 0.05) is 6.42 Å². The molecule has 65 heavy (non-hydrogen) atoms. The Hall–Kier alpha value is -2.58. The Morgan fingerprint density at radius 1 is 0.554 bits per heavy atom. The van der Waals surface area contributed by atoms with Crippen LogP contribution in [0.25, 0.3) is 0 Å². The van der Waals surface area contributed by atoms with E-state index in [1.165, 1.54) is 96.3 Å². The fraction of sp³-hybridized carbons (Fsp3) is 0.696. The molecule has 3 unspecified atom stereocenters. The van der Waals surface area contributed by atoms with Crippen molar-refractivity contribution in [2.45, 2.75) is 212 Å². The van der Waals surface area contributed by atoms with Gasteiger partial charge in [-0.2, -0.15) is 0 Å². The number of allylic oxidation sites excluding steroid dienone is 15. The minimum absolute atomic E-state index is 0.00515. The fourth-order valence-corrected chi connectivity index (χ4v) is 7.68. The Balaban J connectivity index is 4.00. The van der Waals surface area contributed by atoms with E-state index in [-0.39, 0.29) is 19.1 Å². The minimum Gasteiger partial charge on any atom is -0.756 e. The molecule has 3 atom stereocenters. The summed E-state index contributed by atoms with van der Waals surface area (Å²) in [5.74, 6) is -0.207. The summed E-state index contributed by atoms with van der Waals surface area (Å²) in [6.45, 7) is 4.47. The van der Waals surface area contributed by atoms with E-state index in [9.17, 15) is 19.4 Å². The number of nitrogens with zero attached hydrogens (tertiary/aromatic N) is 1. The summed E-state index contributed by atoms with van der Waals surface area (Å²) < 4.78 is 23.1. The molecule has 0 spiro atoms. The summed E-state index contributed by atoms with van der Waals surface area (Å²) in [6.07, 6.45) is 66.4. The lowest BCUT2D eigenvalue weighted by Gasteiger charge is -2.29. The second kappa shape index (κ2) is 46.5. The Bertz CT molecular complexity index is 1370. The smallest absolute Gasteiger partial charge is 0.268 e. The average molecular weight is 927 g/mol. The predicted molar refractivity (Wildman–Crippen MR) is 279 cm³/mol. The number of amides is 1. The zero-order valence-corrected chi connectivity index (χ0v) is 43.3. The summed E-state index contributed by atoms with van der Waals surface area (Å²) in [6, 6.07) is -0.889. The highest BCUT2D eigenvalue weighted by Crippen LogP contribution is 2.38. The van der Waals surface area contributed by atoms with Crippen LogP contribution in [0.1, 0.15) is 200 Å². The normalized spacial score (nSPS) is 14.9. The van der Waals surface area contributed by atoms with E-state index < -0.39 is 20.0 Å². The fourth-order valence-electron chi connectivity index (χ4n) is 6.96. The highest BCUT2D eigenvalue weighted by molar-refractivity contribution is 7.45. The second-order valence-electron chi connectivity index (χ2n) is 18.5. The van der Waals surface area contributed by atoms with Crippen LogP contribution in [-0.4, -0.2) is 68.5 Å². The summed E-state index contributed by atoms with van der Waals surface area (Å²) >= 11 is 0. The van der Waals surface area contributed by atoms with E-state index in [0.717, 1.165) is 83.5 Å². The number of aliphatic hydroxyl groups is 1. The number of hydrogen-bond acceptors (Lipinski definition) is 6. The molecule has 9 heteroatoms. The number of hydrogen-bond donors (Lipinski definition) is 2. The zero-order valence-electron chi connectivity index (χ0n) is 42.4. The van der Waals surface area contributed by atoms with Crippen LogP contribution in [0, 0.1) is 0 Å². The van der Waals surface area contributed by atoms with Crippen LogP contribution < -0.4 is 10.2 Å². The lowest BCUT2D eigenvalue weighted by molar-refractivity contribution is -0.870. The molecule has 0 aromatic carbocycles. The first-order chi connectivity index (χ1) is 31.5. The second-order valence-corrected chi connectivity index (χ2v) is 19.9. The third-order valence-corrected chi connectivity index (χ3v) is 12.0. The molecule has 0 saturated carbocycles. The summed E-state index contributed by atoms with van der Waals surface area (Å²) in [5, 5.41) is 13.7. The summed E-state index contributed by atoms with van der Waals surface area (Å²) in [4.78, 5) is 25.3. The van der Waals surface area contributed by atoms with Gasteiger partial charge < -0.3 is 28.8 Å². The lowest BCUT2D eigenvalue weighted by atomic mass is 10.0. The third-order valence-electron chi connectivity index (χ3n) is 11.0. The number of phosphoric ester groups is 1. The van der Waals surface area contributed by atoms with Crippen molar-refractivity contribution in [2.75, 3.05) is 40.9 Å². The Kier molecular flexibility index (Phi) is 44.7. The van der Waals surface area contributed by atoms with E-state index in [1.807, 2.05) is 27.2 Å². The molecule has 0 fully saturated rings. The largest absolute Gasteiger partial charge is 0.756 e. The maximum Gasteiger partial charge on any atom is 0.268 e. The number of likely N-dealkylation sites (N-methyl/N-ethyl adjacent to an activating group) is 1. The molecule has 0 saturated heterocycles. The molecular weight excluding hydrogens is 828 g/mol. The van der Waals surface area contributed by atoms with Gasteiger partial charge in [-0.05, 0) is 77.0 Å². The molecule has 0 radical (unpaired) electrons. The van der Waals surface area contributed by atoms with Gasteiger partial charge in [-0.1, -0.05) is 214 Å². The molecule has 0 aliphatic carbocycles. The Morgan fingerprint density at radius 3 is 1.37 bits per heavy atom. The standard InChI is InChI=1S/C56H99N2O6P/c1-6-8-10-12-14-16-17-18-19-20-21-22-23-24-25-26-27-28-29-30-31-32-33-34-35-36-37-38-39-40-41-42-44-46-48-50-56(60)57-54(53-64-65(61,62)63-52-51-58(3,4)5)55(59)49-47-45-43-15-13-11-9-7-2/h8,10,14,16,18-19,21-22,24-25,27-28,30-31,47,49,54-55,59H,6-7,9,11-13,15,17,20,23,26,29,32-46,48,50-53H2,1-5H3,(H-,57,60,61,62)/b10-8-,16-14-,19-18-,22-21-,25-24-,28-27-,31-30-,49-47+. The molecule has 1 amide bonds. The van der Waals surface area contributed by atoms with Crippen molar-refractivity contribution in [1.29, 1.82) is 0 Å². The highest BCUT2D eigenvalue weighted by Gasteiger charge is 2.23. The van der Waals surface area contributed by atoms with Gasteiger partial charge in [0.15, 0.2) is 0 Å². The topological polar surface area (TPSA) is 108 Å². The third kappa shape index (κ3) is 49.2. The summed E-state index contributed by atoms with van der Waals surface area (Å²) in [5.41, 5.74) is 0. The molecule has 0 aromatic heterocycles. The van der Waals surface area contributed by atoms with E-state index in [0.29, 0.717) is 17.4 Å². The van der Waals surface area contributed by atoms with Crippen LogP contribution in [0.15, 0.2) is 97.2 Å². The van der Waals surface area contributed by atoms with E-state index >= 15 is 0 Å². The quantitative estimate of drug-likeness (QED) is 0.0272. The van der Waals surface area contributed by atoms with Gasteiger partial charge in [0.05, 0.1) is 39.9 Å². The zero-order chi connectivity index (χ0) is 47.8. The number of aliphatic hydroxyl groups excluding tert-OH is 1. The maximum atomic E-state index is 12.9. The first-order valence-corrected chi connectivity index (χ1v) is 27.6. The number of carbonyl (C=O) groups excluding carboxylic acids is 1.